The van der Waals surface area contributed by atoms with Crippen LogP contribution in [0.25, 0.3) is 0 Å². The number of esters is 1. The minimum absolute atomic E-state index is 0.171. The van der Waals surface area contributed by atoms with Crippen molar-refractivity contribution in [2.24, 2.45) is 0 Å². The summed E-state index contributed by atoms with van der Waals surface area (Å²) in [6, 6.07) is 8.69. The first-order chi connectivity index (χ1) is 9.18. The summed E-state index contributed by atoms with van der Waals surface area (Å²) in [4.78, 5) is 28.7. The van der Waals surface area contributed by atoms with Gasteiger partial charge in [-0.25, -0.2) is 9.86 Å². The molecule has 0 radical (unpaired) electrons. The lowest BCUT2D eigenvalue weighted by molar-refractivity contribution is -0.216. The molecule has 0 aliphatic carbocycles. The van der Waals surface area contributed by atoms with Crippen LogP contribution >= 0.6 is 0 Å². The SMILES string of the molecule is CC(C(=O)OCc1ccccc1)N1OCCCC1=O. The Morgan fingerprint density at radius 1 is 1.42 bits per heavy atom. The van der Waals surface area contributed by atoms with Gasteiger partial charge in [0.1, 0.15) is 6.61 Å². The molecule has 1 aromatic rings. The van der Waals surface area contributed by atoms with Gasteiger partial charge in [0, 0.05) is 6.42 Å². The highest BCUT2D eigenvalue weighted by Gasteiger charge is 2.30. The molecule has 1 atom stereocenters. The number of amides is 1. The van der Waals surface area contributed by atoms with Crippen LogP contribution in [-0.2, 0) is 25.8 Å². The Kier molecular flexibility index (Phi) is 4.52. The maximum absolute atomic E-state index is 11.9. The summed E-state index contributed by atoms with van der Waals surface area (Å²) in [5, 5.41) is 1.12. The van der Waals surface area contributed by atoms with E-state index in [1.54, 1.807) is 6.92 Å². The molecule has 1 aromatic carbocycles. The third-order valence-corrected chi connectivity index (χ3v) is 2.93. The molecule has 5 nitrogen and oxygen atoms in total. The van der Waals surface area contributed by atoms with Crippen LogP contribution in [-0.4, -0.2) is 29.6 Å². The summed E-state index contributed by atoms with van der Waals surface area (Å²) < 4.78 is 5.18. The Labute approximate surface area is 112 Å². The number of hydrogen-bond acceptors (Lipinski definition) is 4. The molecule has 0 spiro atoms. The zero-order valence-electron chi connectivity index (χ0n) is 10.9. The molecular weight excluding hydrogens is 246 g/mol. The summed E-state index contributed by atoms with van der Waals surface area (Å²) in [5.74, 6) is -0.630. The van der Waals surface area contributed by atoms with Crippen molar-refractivity contribution in [1.29, 1.82) is 0 Å². The summed E-state index contributed by atoms with van der Waals surface area (Å²) in [5.41, 5.74) is 0.911. The molecule has 0 saturated carbocycles. The maximum atomic E-state index is 11.9. The standard InChI is InChI=1S/C14H17NO4/c1-11(15-13(16)8-5-9-19-15)14(17)18-10-12-6-3-2-4-7-12/h2-4,6-7,11H,5,8-10H2,1H3. The lowest BCUT2D eigenvalue weighted by atomic mass is 10.2. The van der Waals surface area contributed by atoms with E-state index in [0.29, 0.717) is 19.4 Å². The molecule has 1 heterocycles. The van der Waals surface area contributed by atoms with E-state index in [0.717, 1.165) is 10.6 Å². The first kappa shape index (κ1) is 13.5. The minimum atomic E-state index is -0.712. The highest BCUT2D eigenvalue weighted by atomic mass is 16.7. The number of benzene rings is 1. The minimum Gasteiger partial charge on any atom is -0.459 e. The van der Waals surface area contributed by atoms with Crippen LogP contribution < -0.4 is 0 Å². The molecule has 1 amide bonds. The van der Waals surface area contributed by atoms with Crippen LogP contribution in [0.1, 0.15) is 25.3 Å². The zero-order chi connectivity index (χ0) is 13.7. The van der Waals surface area contributed by atoms with E-state index in [1.165, 1.54) is 0 Å². The van der Waals surface area contributed by atoms with Gasteiger partial charge in [-0.1, -0.05) is 30.3 Å². The van der Waals surface area contributed by atoms with Crippen LogP contribution in [0.3, 0.4) is 0 Å². The second kappa shape index (κ2) is 6.33. The van der Waals surface area contributed by atoms with Crippen molar-refractivity contribution >= 4 is 11.9 Å². The Balaban J connectivity index is 1.87. The van der Waals surface area contributed by atoms with Crippen LogP contribution in [0.15, 0.2) is 30.3 Å². The highest BCUT2D eigenvalue weighted by Crippen LogP contribution is 2.13. The lowest BCUT2D eigenvalue weighted by Crippen LogP contribution is -2.46. The molecule has 1 fully saturated rings. The van der Waals surface area contributed by atoms with E-state index in [1.807, 2.05) is 30.3 Å². The normalized spacial score (nSPS) is 17.1. The topological polar surface area (TPSA) is 55.8 Å². The Morgan fingerprint density at radius 2 is 2.16 bits per heavy atom. The molecule has 1 aliphatic rings. The van der Waals surface area contributed by atoms with Crippen molar-refractivity contribution in [2.45, 2.75) is 32.4 Å². The predicted octanol–water partition coefficient (Wildman–Crippen LogP) is 1.67. The van der Waals surface area contributed by atoms with Gasteiger partial charge in [0.25, 0.3) is 0 Å². The van der Waals surface area contributed by atoms with Crippen molar-refractivity contribution in [1.82, 2.24) is 5.06 Å². The number of ether oxygens (including phenoxy) is 1. The summed E-state index contributed by atoms with van der Waals surface area (Å²) in [6.45, 7) is 2.27. The van der Waals surface area contributed by atoms with Gasteiger partial charge in [-0.05, 0) is 18.9 Å². The fourth-order valence-electron chi connectivity index (χ4n) is 1.84. The average molecular weight is 263 g/mol. The smallest absolute Gasteiger partial charge is 0.331 e. The van der Waals surface area contributed by atoms with Gasteiger partial charge in [-0.3, -0.25) is 9.63 Å². The van der Waals surface area contributed by atoms with E-state index < -0.39 is 12.0 Å². The fraction of sp³-hybridized carbons (Fsp3) is 0.429. The first-order valence-corrected chi connectivity index (χ1v) is 6.34. The average Bonchev–Trinajstić information content (AvgIpc) is 2.45. The number of rotatable bonds is 4. The largest absolute Gasteiger partial charge is 0.459 e. The van der Waals surface area contributed by atoms with Crippen LogP contribution in [0.4, 0.5) is 0 Å². The Hall–Kier alpha value is -1.88. The monoisotopic (exact) mass is 263 g/mol. The maximum Gasteiger partial charge on any atom is 0.331 e. The van der Waals surface area contributed by atoms with Gasteiger partial charge in [-0.2, -0.15) is 0 Å². The van der Waals surface area contributed by atoms with E-state index in [-0.39, 0.29) is 12.5 Å². The number of nitrogens with zero attached hydrogens (tertiary/aromatic N) is 1. The third-order valence-electron chi connectivity index (χ3n) is 2.93. The first-order valence-electron chi connectivity index (χ1n) is 6.34. The number of hydroxylamine groups is 2. The van der Waals surface area contributed by atoms with E-state index >= 15 is 0 Å². The molecule has 0 aromatic heterocycles. The van der Waals surface area contributed by atoms with Gasteiger partial charge in [-0.15, -0.1) is 0 Å². The second-order valence-corrected chi connectivity index (χ2v) is 4.43. The fourth-order valence-corrected chi connectivity index (χ4v) is 1.84. The summed E-state index contributed by atoms with van der Waals surface area (Å²) in [6.07, 6.45) is 1.11. The van der Waals surface area contributed by atoms with E-state index in [9.17, 15) is 9.59 Å². The van der Waals surface area contributed by atoms with Crippen molar-refractivity contribution in [3.63, 3.8) is 0 Å². The molecule has 102 valence electrons. The highest BCUT2D eigenvalue weighted by molar-refractivity contribution is 5.83. The quantitative estimate of drug-likeness (QED) is 0.775. The molecule has 1 aliphatic heterocycles. The second-order valence-electron chi connectivity index (χ2n) is 4.43. The van der Waals surface area contributed by atoms with Crippen LogP contribution in [0.2, 0.25) is 0 Å². The molecule has 0 bridgehead atoms. The van der Waals surface area contributed by atoms with Crippen LogP contribution in [0.5, 0.6) is 0 Å². The molecular formula is C14H17NO4. The predicted molar refractivity (Wildman–Crippen MR) is 67.7 cm³/mol. The molecule has 5 heteroatoms. The van der Waals surface area contributed by atoms with Crippen molar-refractivity contribution in [3.05, 3.63) is 35.9 Å². The number of carbonyl (C=O) groups is 2. The number of hydrogen-bond donors (Lipinski definition) is 0. The van der Waals surface area contributed by atoms with Crippen molar-refractivity contribution < 1.29 is 19.2 Å². The van der Waals surface area contributed by atoms with Crippen molar-refractivity contribution in [3.8, 4) is 0 Å². The molecule has 1 saturated heterocycles. The van der Waals surface area contributed by atoms with Gasteiger partial charge in [0.05, 0.1) is 6.61 Å². The molecule has 0 N–H and O–H groups in total. The molecule has 19 heavy (non-hydrogen) atoms. The molecule has 2 rings (SSSR count). The van der Waals surface area contributed by atoms with Gasteiger partial charge in [0.2, 0.25) is 5.91 Å². The van der Waals surface area contributed by atoms with E-state index in [4.69, 9.17) is 9.57 Å². The zero-order valence-corrected chi connectivity index (χ0v) is 10.9. The van der Waals surface area contributed by atoms with Gasteiger partial charge < -0.3 is 4.74 Å². The van der Waals surface area contributed by atoms with E-state index in [2.05, 4.69) is 0 Å². The Morgan fingerprint density at radius 3 is 2.84 bits per heavy atom. The van der Waals surface area contributed by atoms with Gasteiger partial charge in [0.15, 0.2) is 6.04 Å². The molecule has 1 unspecified atom stereocenters. The lowest BCUT2D eigenvalue weighted by Gasteiger charge is -2.29. The van der Waals surface area contributed by atoms with Crippen LogP contribution in [0, 0.1) is 0 Å². The van der Waals surface area contributed by atoms with Gasteiger partial charge >= 0.3 is 5.97 Å². The third kappa shape index (κ3) is 3.54. The number of carbonyl (C=O) groups excluding carboxylic acids is 2. The summed E-state index contributed by atoms with van der Waals surface area (Å²) in [7, 11) is 0. The summed E-state index contributed by atoms with van der Waals surface area (Å²) >= 11 is 0. The van der Waals surface area contributed by atoms with Crippen molar-refractivity contribution in [2.75, 3.05) is 6.61 Å². The Bertz CT molecular complexity index is 446.